The van der Waals surface area contributed by atoms with E-state index >= 15 is 0 Å². The average molecular weight is 334 g/mol. The van der Waals surface area contributed by atoms with Gasteiger partial charge in [-0.2, -0.15) is 0 Å². The van der Waals surface area contributed by atoms with E-state index in [2.05, 4.69) is 26.0 Å². The molecule has 0 saturated carbocycles. The van der Waals surface area contributed by atoms with Crippen LogP contribution < -0.4 is 0 Å². The molecule has 0 saturated heterocycles. The number of phenolic OH excluding ortho intramolecular Hbond substituents is 1. The Bertz CT molecular complexity index is 980. The van der Waals surface area contributed by atoms with Crippen LogP contribution in [0, 0.1) is 0 Å². The Labute approximate surface area is 145 Å². The van der Waals surface area contributed by atoms with Crippen LogP contribution in [0.2, 0.25) is 0 Å². The lowest BCUT2D eigenvalue weighted by Crippen LogP contribution is -2.18. The SMILES string of the molecule is CC(C)(c1ccccc1)c1cc(O)c2c(-c3cccs3)coc2c1. The molecule has 2 aromatic heterocycles. The molecule has 0 aliphatic heterocycles. The molecule has 0 unspecified atom stereocenters. The first kappa shape index (κ1) is 15.0. The van der Waals surface area contributed by atoms with Crippen LogP contribution in [0.3, 0.4) is 0 Å². The highest BCUT2D eigenvalue weighted by molar-refractivity contribution is 7.13. The Kier molecular flexibility index (Phi) is 3.47. The summed E-state index contributed by atoms with van der Waals surface area (Å²) in [5.74, 6) is 0.267. The van der Waals surface area contributed by atoms with E-state index in [1.165, 1.54) is 5.56 Å². The lowest BCUT2D eigenvalue weighted by molar-refractivity contribution is 0.478. The number of thiophene rings is 1. The van der Waals surface area contributed by atoms with Crippen molar-refractivity contribution in [3.8, 4) is 16.2 Å². The summed E-state index contributed by atoms with van der Waals surface area (Å²) < 4.78 is 5.77. The Morgan fingerprint density at radius 2 is 1.75 bits per heavy atom. The number of aromatic hydroxyl groups is 1. The molecule has 1 N–H and O–H groups in total. The van der Waals surface area contributed by atoms with Gasteiger partial charge in [-0.3, -0.25) is 0 Å². The molecule has 4 rings (SSSR count). The molecule has 0 radical (unpaired) electrons. The molecule has 24 heavy (non-hydrogen) atoms. The number of fused-ring (bicyclic) bond motifs is 1. The first-order valence-corrected chi connectivity index (χ1v) is 8.79. The van der Waals surface area contributed by atoms with Gasteiger partial charge in [-0.05, 0) is 34.7 Å². The lowest BCUT2D eigenvalue weighted by atomic mass is 9.78. The van der Waals surface area contributed by atoms with Crippen molar-refractivity contribution in [1.82, 2.24) is 0 Å². The Morgan fingerprint density at radius 1 is 0.958 bits per heavy atom. The maximum atomic E-state index is 10.7. The Balaban J connectivity index is 1.88. The molecule has 3 heteroatoms. The third-order valence-electron chi connectivity index (χ3n) is 4.66. The second-order valence-electron chi connectivity index (χ2n) is 6.49. The Morgan fingerprint density at radius 3 is 2.46 bits per heavy atom. The highest BCUT2D eigenvalue weighted by Gasteiger charge is 2.25. The van der Waals surface area contributed by atoms with Crippen molar-refractivity contribution >= 4 is 22.3 Å². The molecule has 2 heterocycles. The van der Waals surface area contributed by atoms with Gasteiger partial charge < -0.3 is 9.52 Å². The van der Waals surface area contributed by atoms with E-state index in [0.717, 1.165) is 27.0 Å². The number of hydrogen-bond donors (Lipinski definition) is 1. The zero-order valence-corrected chi connectivity index (χ0v) is 14.4. The topological polar surface area (TPSA) is 33.4 Å². The van der Waals surface area contributed by atoms with Crippen LogP contribution in [0.1, 0.15) is 25.0 Å². The second-order valence-corrected chi connectivity index (χ2v) is 7.43. The standard InChI is InChI=1S/C21H18O2S/c1-21(2,14-7-4-3-5-8-14)15-11-17(22)20-16(13-23-18(20)12-15)19-9-6-10-24-19/h3-13,22H,1-2H3. The van der Waals surface area contributed by atoms with E-state index in [4.69, 9.17) is 4.42 Å². The van der Waals surface area contributed by atoms with Crippen molar-refractivity contribution in [3.05, 3.63) is 77.4 Å². The van der Waals surface area contributed by atoms with Gasteiger partial charge in [-0.1, -0.05) is 50.2 Å². The fourth-order valence-corrected chi connectivity index (χ4v) is 3.88. The quantitative estimate of drug-likeness (QED) is 0.484. The van der Waals surface area contributed by atoms with Crippen LogP contribution in [-0.2, 0) is 5.41 Å². The van der Waals surface area contributed by atoms with Crippen molar-refractivity contribution in [2.45, 2.75) is 19.3 Å². The summed E-state index contributed by atoms with van der Waals surface area (Å²) in [6, 6.07) is 18.3. The summed E-state index contributed by atoms with van der Waals surface area (Å²) in [7, 11) is 0. The van der Waals surface area contributed by atoms with Crippen LogP contribution in [-0.4, -0.2) is 5.11 Å². The first-order valence-electron chi connectivity index (χ1n) is 7.91. The van der Waals surface area contributed by atoms with Gasteiger partial charge in [0.2, 0.25) is 0 Å². The number of benzene rings is 2. The van der Waals surface area contributed by atoms with Gasteiger partial charge >= 0.3 is 0 Å². The summed E-state index contributed by atoms with van der Waals surface area (Å²) in [6.07, 6.45) is 1.73. The number of furan rings is 1. The summed E-state index contributed by atoms with van der Waals surface area (Å²) in [5.41, 5.74) is 3.68. The van der Waals surface area contributed by atoms with E-state index in [-0.39, 0.29) is 11.2 Å². The molecule has 2 aromatic carbocycles. The third-order valence-corrected chi connectivity index (χ3v) is 5.56. The molecule has 120 valence electrons. The summed E-state index contributed by atoms with van der Waals surface area (Å²) in [5, 5.41) is 13.5. The second kappa shape index (κ2) is 5.53. The van der Waals surface area contributed by atoms with Gasteiger partial charge in [0.1, 0.15) is 17.6 Å². The molecule has 0 aliphatic carbocycles. The summed E-state index contributed by atoms with van der Waals surface area (Å²) in [6.45, 7) is 4.32. The van der Waals surface area contributed by atoms with Gasteiger partial charge in [0.25, 0.3) is 0 Å². The molecule has 0 atom stereocenters. The zero-order chi connectivity index (χ0) is 16.7. The minimum absolute atomic E-state index is 0.219. The van der Waals surface area contributed by atoms with E-state index < -0.39 is 0 Å². The molecule has 2 nitrogen and oxygen atoms in total. The summed E-state index contributed by atoms with van der Waals surface area (Å²) in [4.78, 5) is 1.10. The van der Waals surface area contributed by atoms with Gasteiger partial charge in [-0.15, -0.1) is 11.3 Å². The number of rotatable bonds is 3. The molecule has 0 aliphatic rings. The van der Waals surface area contributed by atoms with Gasteiger partial charge in [0.05, 0.1) is 5.39 Å². The van der Waals surface area contributed by atoms with Crippen molar-refractivity contribution in [1.29, 1.82) is 0 Å². The molecule has 4 aromatic rings. The first-order chi connectivity index (χ1) is 11.6. The van der Waals surface area contributed by atoms with Crippen molar-refractivity contribution in [2.75, 3.05) is 0 Å². The fraction of sp³-hybridized carbons (Fsp3) is 0.143. The summed E-state index contributed by atoms with van der Waals surface area (Å²) >= 11 is 1.64. The van der Waals surface area contributed by atoms with Crippen molar-refractivity contribution in [2.24, 2.45) is 0 Å². The largest absolute Gasteiger partial charge is 0.507 e. The molecule has 0 spiro atoms. The van der Waals surface area contributed by atoms with E-state index in [1.54, 1.807) is 17.6 Å². The van der Waals surface area contributed by atoms with Crippen molar-refractivity contribution < 1.29 is 9.52 Å². The minimum Gasteiger partial charge on any atom is -0.507 e. The zero-order valence-electron chi connectivity index (χ0n) is 13.6. The lowest BCUT2D eigenvalue weighted by Gasteiger charge is -2.26. The van der Waals surface area contributed by atoms with Crippen LogP contribution in [0.25, 0.3) is 21.4 Å². The Hall–Kier alpha value is -2.52. The highest BCUT2D eigenvalue weighted by Crippen LogP contribution is 2.42. The van der Waals surface area contributed by atoms with E-state index in [1.807, 2.05) is 47.8 Å². The van der Waals surface area contributed by atoms with Gasteiger partial charge in [0.15, 0.2) is 0 Å². The average Bonchev–Trinajstić information content (AvgIpc) is 3.24. The van der Waals surface area contributed by atoms with Crippen LogP contribution in [0.4, 0.5) is 0 Å². The normalized spacial score (nSPS) is 11.9. The molecule has 0 fully saturated rings. The number of phenols is 1. The predicted molar refractivity (Wildman–Crippen MR) is 99.8 cm³/mol. The minimum atomic E-state index is -0.219. The monoisotopic (exact) mass is 334 g/mol. The smallest absolute Gasteiger partial charge is 0.138 e. The van der Waals surface area contributed by atoms with Gasteiger partial charge in [0, 0.05) is 15.9 Å². The van der Waals surface area contributed by atoms with Gasteiger partial charge in [-0.25, -0.2) is 0 Å². The van der Waals surface area contributed by atoms with Crippen LogP contribution in [0.5, 0.6) is 5.75 Å². The maximum Gasteiger partial charge on any atom is 0.138 e. The van der Waals surface area contributed by atoms with Crippen LogP contribution in [0.15, 0.2) is 70.7 Å². The van der Waals surface area contributed by atoms with E-state index in [9.17, 15) is 5.11 Å². The van der Waals surface area contributed by atoms with Crippen LogP contribution >= 0.6 is 11.3 Å². The fourth-order valence-electron chi connectivity index (χ4n) is 3.14. The third kappa shape index (κ3) is 2.33. The maximum absolute atomic E-state index is 10.7. The predicted octanol–water partition coefficient (Wildman–Crippen LogP) is 6.19. The number of hydrogen-bond acceptors (Lipinski definition) is 3. The molecular weight excluding hydrogens is 316 g/mol. The van der Waals surface area contributed by atoms with Crippen molar-refractivity contribution in [3.63, 3.8) is 0 Å². The molecule has 0 amide bonds. The highest BCUT2D eigenvalue weighted by atomic mass is 32.1. The molecular formula is C21H18O2S. The molecule has 0 bridgehead atoms. The van der Waals surface area contributed by atoms with E-state index in [0.29, 0.717) is 0 Å².